The lowest BCUT2D eigenvalue weighted by molar-refractivity contribution is 0.0690. The molecule has 0 unspecified atom stereocenters. The number of carbonyl (C=O) groups is 1. The van der Waals surface area contributed by atoms with Crippen LogP contribution in [0.15, 0.2) is 24.3 Å². The van der Waals surface area contributed by atoms with Crippen LogP contribution >= 0.6 is 0 Å². The fraction of sp³-hybridized carbons (Fsp3) is 0.526. The lowest BCUT2D eigenvalue weighted by atomic mass is 9.93. The van der Waals surface area contributed by atoms with Gasteiger partial charge in [-0.2, -0.15) is 5.10 Å². The highest BCUT2D eigenvalue weighted by Gasteiger charge is 2.29. The molecule has 1 aliphatic heterocycles. The van der Waals surface area contributed by atoms with Gasteiger partial charge in [0.15, 0.2) is 5.82 Å². The van der Waals surface area contributed by atoms with Crippen molar-refractivity contribution >= 4 is 5.91 Å². The van der Waals surface area contributed by atoms with Crippen LogP contribution in [0.2, 0.25) is 0 Å². The van der Waals surface area contributed by atoms with Crippen LogP contribution in [0.25, 0.3) is 0 Å². The monoisotopic (exact) mass is 324 g/mol. The Hall–Kier alpha value is -2.17. The van der Waals surface area contributed by atoms with Gasteiger partial charge in [-0.3, -0.25) is 9.89 Å². The summed E-state index contributed by atoms with van der Waals surface area (Å²) in [4.78, 5) is 19.2. The van der Waals surface area contributed by atoms with Crippen molar-refractivity contribution < 1.29 is 4.79 Å². The van der Waals surface area contributed by atoms with Gasteiger partial charge in [0, 0.05) is 31.0 Å². The number of piperidine rings is 1. The van der Waals surface area contributed by atoms with Gasteiger partial charge in [-0.25, -0.2) is 4.98 Å². The minimum Gasteiger partial charge on any atom is -0.339 e. The summed E-state index contributed by atoms with van der Waals surface area (Å²) >= 11 is 0. The Morgan fingerprint density at radius 2 is 2.04 bits per heavy atom. The van der Waals surface area contributed by atoms with Gasteiger partial charge in [0.25, 0.3) is 5.91 Å². The predicted octanol–water partition coefficient (Wildman–Crippen LogP) is 3.09. The maximum atomic E-state index is 12.6. The number of likely N-dealkylation sites (tertiary alicyclic amines) is 1. The Bertz CT molecular complexity index is 726. The Kier molecular flexibility index (Phi) is 4.08. The van der Waals surface area contributed by atoms with Gasteiger partial charge < -0.3 is 4.90 Å². The summed E-state index contributed by atoms with van der Waals surface area (Å²) in [5.41, 5.74) is 1.94. The molecule has 24 heavy (non-hydrogen) atoms. The van der Waals surface area contributed by atoms with Gasteiger partial charge in [-0.05, 0) is 50.7 Å². The Labute approximate surface area is 142 Å². The molecule has 2 aliphatic rings. The van der Waals surface area contributed by atoms with E-state index in [1.54, 1.807) is 0 Å². The number of hydrogen-bond donors (Lipinski definition) is 1. The molecule has 5 nitrogen and oxygen atoms in total. The number of carbonyl (C=O) groups excluding carboxylic acids is 1. The molecule has 126 valence electrons. The second-order valence-corrected chi connectivity index (χ2v) is 7.22. The molecule has 4 rings (SSSR count). The van der Waals surface area contributed by atoms with Crippen LogP contribution < -0.4 is 0 Å². The van der Waals surface area contributed by atoms with E-state index in [0.717, 1.165) is 55.1 Å². The summed E-state index contributed by atoms with van der Waals surface area (Å²) < 4.78 is 0. The van der Waals surface area contributed by atoms with E-state index in [2.05, 4.69) is 15.2 Å². The van der Waals surface area contributed by atoms with Crippen LogP contribution in [0.4, 0.5) is 0 Å². The van der Waals surface area contributed by atoms with Crippen molar-refractivity contribution in [3.05, 3.63) is 47.0 Å². The molecule has 1 aromatic carbocycles. The molecule has 2 fully saturated rings. The number of aryl methyl sites for hydroxylation is 1. The highest BCUT2D eigenvalue weighted by molar-refractivity contribution is 5.94. The van der Waals surface area contributed by atoms with Crippen molar-refractivity contribution in [2.24, 2.45) is 5.92 Å². The van der Waals surface area contributed by atoms with Gasteiger partial charge in [0.05, 0.1) is 0 Å². The molecule has 0 atom stereocenters. The second-order valence-electron chi connectivity index (χ2n) is 7.22. The summed E-state index contributed by atoms with van der Waals surface area (Å²) in [5, 5.41) is 7.43. The smallest absolute Gasteiger partial charge is 0.253 e. The van der Waals surface area contributed by atoms with E-state index in [0.29, 0.717) is 11.8 Å². The highest BCUT2D eigenvalue weighted by Crippen LogP contribution is 2.37. The number of hydrogen-bond acceptors (Lipinski definition) is 3. The third-order valence-electron chi connectivity index (χ3n) is 5.14. The molecule has 5 heteroatoms. The topological polar surface area (TPSA) is 61.9 Å². The fourth-order valence-electron chi connectivity index (χ4n) is 3.50. The first kappa shape index (κ1) is 15.4. The van der Waals surface area contributed by atoms with Gasteiger partial charge in [0.2, 0.25) is 0 Å². The zero-order valence-corrected chi connectivity index (χ0v) is 14.2. The zero-order chi connectivity index (χ0) is 16.5. The molecule has 1 saturated carbocycles. The minimum atomic E-state index is 0.160. The molecule has 1 amide bonds. The minimum absolute atomic E-state index is 0.160. The number of aromatic nitrogens is 3. The number of benzene rings is 1. The van der Waals surface area contributed by atoms with Crippen molar-refractivity contribution in [1.29, 1.82) is 0 Å². The van der Waals surface area contributed by atoms with Gasteiger partial charge in [-0.1, -0.05) is 17.7 Å². The van der Waals surface area contributed by atoms with E-state index >= 15 is 0 Å². The Morgan fingerprint density at radius 3 is 2.75 bits per heavy atom. The molecule has 2 aromatic rings. The second kappa shape index (κ2) is 6.38. The first-order valence-corrected chi connectivity index (χ1v) is 8.96. The Morgan fingerprint density at radius 1 is 1.25 bits per heavy atom. The largest absolute Gasteiger partial charge is 0.339 e. The summed E-state index contributed by atoms with van der Waals surface area (Å²) in [6, 6.07) is 7.87. The fourth-order valence-corrected chi connectivity index (χ4v) is 3.50. The number of amides is 1. The first-order chi connectivity index (χ1) is 11.7. The molecule has 0 spiro atoms. The molecular weight excluding hydrogens is 300 g/mol. The molecule has 0 bridgehead atoms. The molecule has 1 saturated heterocycles. The van der Waals surface area contributed by atoms with E-state index in [1.807, 2.05) is 36.1 Å². The quantitative estimate of drug-likeness (QED) is 0.940. The van der Waals surface area contributed by atoms with Crippen LogP contribution in [-0.4, -0.2) is 39.1 Å². The van der Waals surface area contributed by atoms with Crippen LogP contribution in [0, 0.1) is 12.8 Å². The standard InChI is InChI=1S/C19H24N4O/c1-13-3-2-4-16(11-13)19(24)23-9-7-14(8-10-23)12-17-20-18(22-21-17)15-5-6-15/h2-4,11,14-15H,5-10,12H2,1H3,(H,20,21,22). The van der Waals surface area contributed by atoms with Crippen molar-refractivity contribution in [3.63, 3.8) is 0 Å². The van der Waals surface area contributed by atoms with Crippen LogP contribution in [-0.2, 0) is 6.42 Å². The van der Waals surface area contributed by atoms with E-state index in [4.69, 9.17) is 0 Å². The van der Waals surface area contributed by atoms with E-state index in [9.17, 15) is 4.79 Å². The molecule has 0 radical (unpaired) electrons. The van der Waals surface area contributed by atoms with E-state index in [-0.39, 0.29) is 5.91 Å². The maximum Gasteiger partial charge on any atom is 0.253 e. The average Bonchev–Trinajstić information content (AvgIpc) is 3.35. The lowest BCUT2D eigenvalue weighted by Gasteiger charge is -2.31. The first-order valence-electron chi connectivity index (χ1n) is 8.96. The normalized spacial score (nSPS) is 18.8. The van der Waals surface area contributed by atoms with Crippen molar-refractivity contribution in [2.45, 2.75) is 44.9 Å². The highest BCUT2D eigenvalue weighted by atomic mass is 16.2. The van der Waals surface area contributed by atoms with Gasteiger partial charge in [-0.15, -0.1) is 0 Å². The predicted molar refractivity (Wildman–Crippen MR) is 91.9 cm³/mol. The number of aromatic amines is 1. The molecule has 1 N–H and O–H groups in total. The summed E-state index contributed by atoms with van der Waals surface area (Å²) in [5.74, 6) is 3.36. The molecule has 1 aromatic heterocycles. The van der Waals surface area contributed by atoms with Crippen LogP contribution in [0.3, 0.4) is 0 Å². The lowest BCUT2D eigenvalue weighted by Crippen LogP contribution is -2.39. The van der Waals surface area contributed by atoms with Gasteiger partial charge >= 0.3 is 0 Å². The number of nitrogens with one attached hydrogen (secondary N) is 1. The third-order valence-corrected chi connectivity index (χ3v) is 5.14. The van der Waals surface area contributed by atoms with Gasteiger partial charge in [0.1, 0.15) is 5.82 Å². The summed E-state index contributed by atoms with van der Waals surface area (Å²) in [7, 11) is 0. The SMILES string of the molecule is Cc1cccc(C(=O)N2CCC(Cc3nc(C4CC4)n[nH]3)CC2)c1. The average molecular weight is 324 g/mol. The number of H-pyrrole nitrogens is 1. The van der Waals surface area contributed by atoms with E-state index in [1.165, 1.54) is 12.8 Å². The Balaban J connectivity index is 1.31. The summed E-state index contributed by atoms with van der Waals surface area (Å²) in [6.45, 7) is 3.69. The molecule has 1 aliphatic carbocycles. The van der Waals surface area contributed by atoms with Crippen molar-refractivity contribution in [2.75, 3.05) is 13.1 Å². The van der Waals surface area contributed by atoms with Crippen molar-refractivity contribution in [1.82, 2.24) is 20.1 Å². The molecule has 2 heterocycles. The zero-order valence-electron chi connectivity index (χ0n) is 14.2. The van der Waals surface area contributed by atoms with E-state index < -0.39 is 0 Å². The van der Waals surface area contributed by atoms with Crippen LogP contribution in [0.5, 0.6) is 0 Å². The van der Waals surface area contributed by atoms with Crippen LogP contribution in [0.1, 0.15) is 59.2 Å². The maximum absolute atomic E-state index is 12.6. The molecular formula is C19H24N4O. The summed E-state index contributed by atoms with van der Waals surface area (Å²) in [6.07, 6.45) is 5.49. The van der Waals surface area contributed by atoms with Crippen molar-refractivity contribution in [3.8, 4) is 0 Å². The third kappa shape index (κ3) is 3.35. The number of rotatable bonds is 4. The number of nitrogens with zero attached hydrogens (tertiary/aromatic N) is 3.